The maximum absolute atomic E-state index is 13.0. The third kappa shape index (κ3) is 3.80. The van der Waals surface area contributed by atoms with E-state index in [1.807, 2.05) is 30.3 Å². The van der Waals surface area contributed by atoms with Crippen molar-refractivity contribution in [2.75, 3.05) is 25.0 Å². The highest BCUT2D eigenvalue weighted by Gasteiger charge is 2.33. The quantitative estimate of drug-likeness (QED) is 0.887. The minimum absolute atomic E-state index is 0.136. The van der Waals surface area contributed by atoms with Gasteiger partial charge in [0.25, 0.3) is 0 Å². The van der Waals surface area contributed by atoms with Crippen LogP contribution in [0.4, 0.5) is 10.1 Å². The molecule has 0 unspecified atom stereocenters. The SMILES string of the molecule is O=C(Nc1ccc(F)cc1)[C@H](c1ccccc1)N1CC[C@H](CO)C1. The number of likely N-dealkylation sites (tertiary alicyclic amines) is 1. The Balaban J connectivity index is 1.81. The number of anilines is 1. The van der Waals surface area contributed by atoms with Crippen LogP contribution in [-0.2, 0) is 4.79 Å². The van der Waals surface area contributed by atoms with Crippen molar-refractivity contribution < 1.29 is 14.3 Å². The van der Waals surface area contributed by atoms with Gasteiger partial charge in [0.05, 0.1) is 0 Å². The summed E-state index contributed by atoms with van der Waals surface area (Å²) in [6, 6.07) is 14.9. The monoisotopic (exact) mass is 328 g/mol. The van der Waals surface area contributed by atoms with Crippen LogP contribution in [0.3, 0.4) is 0 Å². The molecule has 0 radical (unpaired) electrons. The summed E-state index contributed by atoms with van der Waals surface area (Å²) in [7, 11) is 0. The Morgan fingerprint density at radius 1 is 1.21 bits per heavy atom. The van der Waals surface area contributed by atoms with E-state index in [9.17, 15) is 14.3 Å². The number of nitrogens with zero attached hydrogens (tertiary/aromatic N) is 1. The van der Waals surface area contributed by atoms with Gasteiger partial charge < -0.3 is 10.4 Å². The molecule has 3 rings (SSSR count). The molecule has 126 valence electrons. The van der Waals surface area contributed by atoms with E-state index in [2.05, 4.69) is 10.2 Å². The Bertz CT molecular complexity index is 676. The van der Waals surface area contributed by atoms with Crippen LogP contribution < -0.4 is 5.32 Å². The first-order chi connectivity index (χ1) is 11.7. The molecule has 1 aliphatic rings. The van der Waals surface area contributed by atoms with E-state index in [-0.39, 0.29) is 24.2 Å². The zero-order valence-corrected chi connectivity index (χ0v) is 13.4. The lowest BCUT2D eigenvalue weighted by Crippen LogP contribution is -2.36. The van der Waals surface area contributed by atoms with Gasteiger partial charge in [-0.3, -0.25) is 9.69 Å². The number of nitrogens with one attached hydrogen (secondary N) is 1. The number of halogens is 1. The summed E-state index contributed by atoms with van der Waals surface area (Å²) in [6.07, 6.45) is 0.879. The number of aliphatic hydroxyl groups excluding tert-OH is 1. The highest BCUT2D eigenvalue weighted by atomic mass is 19.1. The molecule has 4 nitrogen and oxygen atoms in total. The average Bonchev–Trinajstić information content (AvgIpc) is 3.07. The lowest BCUT2D eigenvalue weighted by Gasteiger charge is -2.27. The average molecular weight is 328 g/mol. The van der Waals surface area contributed by atoms with E-state index in [1.165, 1.54) is 12.1 Å². The molecule has 1 saturated heterocycles. The van der Waals surface area contributed by atoms with Gasteiger partial charge in [0, 0.05) is 18.8 Å². The predicted octanol–water partition coefficient (Wildman–Crippen LogP) is 2.82. The molecule has 1 amide bonds. The maximum Gasteiger partial charge on any atom is 0.246 e. The van der Waals surface area contributed by atoms with Gasteiger partial charge in [0.1, 0.15) is 11.9 Å². The number of hydrogen-bond acceptors (Lipinski definition) is 3. The molecule has 0 bridgehead atoms. The summed E-state index contributed by atoms with van der Waals surface area (Å²) in [5.41, 5.74) is 1.48. The Labute approximate surface area is 140 Å². The minimum atomic E-state index is -0.423. The van der Waals surface area contributed by atoms with Crippen molar-refractivity contribution in [1.82, 2.24) is 4.90 Å². The molecule has 0 spiro atoms. The van der Waals surface area contributed by atoms with E-state index in [1.54, 1.807) is 12.1 Å². The Morgan fingerprint density at radius 3 is 2.54 bits per heavy atom. The third-order valence-corrected chi connectivity index (χ3v) is 4.42. The number of aliphatic hydroxyl groups is 1. The lowest BCUT2D eigenvalue weighted by molar-refractivity contribution is -0.121. The van der Waals surface area contributed by atoms with Crippen molar-refractivity contribution in [3.8, 4) is 0 Å². The summed E-state index contributed by atoms with van der Waals surface area (Å²) in [5.74, 6) is -0.279. The smallest absolute Gasteiger partial charge is 0.246 e. The number of amides is 1. The van der Waals surface area contributed by atoms with Crippen LogP contribution in [0.1, 0.15) is 18.0 Å². The van der Waals surface area contributed by atoms with Gasteiger partial charge in [0.15, 0.2) is 0 Å². The van der Waals surface area contributed by atoms with E-state index in [4.69, 9.17) is 0 Å². The van der Waals surface area contributed by atoms with Crippen LogP contribution in [-0.4, -0.2) is 35.6 Å². The van der Waals surface area contributed by atoms with Crippen LogP contribution >= 0.6 is 0 Å². The molecule has 2 atom stereocenters. The van der Waals surface area contributed by atoms with Crippen molar-refractivity contribution in [1.29, 1.82) is 0 Å². The van der Waals surface area contributed by atoms with Gasteiger partial charge in [-0.05, 0) is 48.7 Å². The third-order valence-electron chi connectivity index (χ3n) is 4.42. The van der Waals surface area contributed by atoms with Gasteiger partial charge in [-0.2, -0.15) is 0 Å². The van der Waals surface area contributed by atoms with Crippen LogP contribution in [0.15, 0.2) is 54.6 Å². The standard InChI is InChI=1S/C19H21FN2O2/c20-16-6-8-17(9-7-16)21-19(24)18(15-4-2-1-3-5-15)22-11-10-14(12-22)13-23/h1-9,14,18,23H,10-13H2,(H,21,24)/t14-,18-/m0/s1. The molecule has 1 fully saturated rings. The second-order valence-electron chi connectivity index (χ2n) is 6.14. The first-order valence-electron chi connectivity index (χ1n) is 8.13. The van der Waals surface area contributed by atoms with Gasteiger partial charge in [-0.25, -0.2) is 4.39 Å². The van der Waals surface area contributed by atoms with E-state index in [0.29, 0.717) is 12.2 Å². The second-order valence-corrected chi connectivity index (χ2v) is 6.14. The minimum Gasteiger partial charge on any atom is -0.396 e. The topological polar surface area (TPSA) is 52.6 Å². The first kappa shape index (κ1) is 16.6. The van der Waals surface area contributed by atoms with Crippen LogP contribution in [0.2, 0.25) is 0 Å². The number of benzene rings is 2. The molecule has 0 aliphatic carbocycles. The van der Waals surface area contributed by atoms with E-state index >= 15 is 0 Å². The molecule has 5 heteroatoms. The Kier molecular flexibility index (Phi) is 5.23. The molecule has 2 N–H and O–H groups in total. The molecule has 1 aliphatic heterocycles. The molecule has 2 aromatic rings. The summed E-state index contributed by atoms with van der Waals surface area (Å²) in [6.45, 7) is 1.59. The molecular weight excluding hydrogens is 307 g/mol. The maximum atomic E-state index is 13.0. The second kappa shape index (κ2) is 7.55. The first-order valence-corrected chi connectivity index (χ1v) is 8.13. The Morgan fingerprint density at radius 2 is 1.92 bits per heavy atom. The fourth-order valence-electron chi connectivity index (χ4n) is 3.15. The van der Waals surface area contributed by atoms with Gasteiger partial charge in [0.2, 0.25) is 5.91 Å². The van der Waals surface area contributed by atoms with E-state index < -0.39 is 6.04 Å². The summed E-state index contributed by atoms with van der Waals surface area (Å²) in [5, 5.41) is 12.2. The van der Waals surface area contributed by atoms with Crippen LogP contribution in [0.5, 0.6) is 0 Å². The molecule has 1 heterocycles. The van der Waals surface area contributed by atoms with Gasteiger partial charge in [-0.1, -0.05) is 30.3 Å². The zero-order chi connectivity index (χ0) is 16.9. The molecular formula is C19H21FN2O2. The normalized spacial score (nSPS) is 19.2. The van der Waals surface area contributed by atoms with Crippen molar-refractivity contribution in [3.05, 3.63) is 66.0 Å². The van der Waals surface area contributed by atoms with Crippen LogP contribution in [0, 0.1) is 11.7 Å². The van der Waals surface area contributed by atoms with Crippen LogP contribution in [0.25, 0.3) is 0 Å². The van der Waals surface area contributed by atoms with Crippen molar-refractivity contribution in [2.24, 2.45) is 5.92 Å². The zero-order valence-electron chi connectivity index (χ0n) is 13.4. The number of carbonyl (C=O) groups is 1. The van der Waals surface area contributed by atoms with Gasteiger partial charge >= 0.3 is 0 Å². The van der Waals surface area contributed by atoms with Crippen molar-refractivity contribution in [2.45, 2.75) is 12.5 Å². The van der Waals surface area contributed by atoms with Crippen molar-refractivity contribution in [3.63, 3.8) is 0 Å². The lowest BCUT2D eigenvalue weighted by atomic mass is 10.0. The van der Waals surface area contributed by atoms with Crippen molar-refractivity contribution >= 4 is 11.6 Å². The number of hydrogen-bond donors (Lipinski definition) is 2. The fourth-order valence-corrected chi connectivity index (χ4v) is 3.15. The summed E-state index contributed by atoms with van der Waals surface area (Å²) in [4.78, 5) is 15.0. The summed E-state index contributed by atoms with van der Waals surface area (Å²) >= 11 is 0. The number of carbonyl (C=O) groups excluding carboxylic acids is 1. The summed E-state index contributed by atoms with van der Waals surface area (Å²) < 4.78 is 13.0. The highest BCUT2D eigenvalue weighted by Crippen LogP contribution is 2.29. The van der Waals surface area contributed by atoms with E-state index in [0.717, 1.165) is 18.5 Å². The molecule has 0 aromatic heterocycles. The Hall–Kier alpha value is -2.24. The predicted molar refractivity (Wildman–Crippen MR) is 91.0 cm³/mol. The fraction of sp³-hybridized carbons (Fsp3) is 0.316. The highest BCUT2D eigenvalue weighted by molar-refractivity contribution is 5.95. The molecule has 24 heavy (non-hydrogen) atoms. The number of rotatable bonds is 5. The molecule has 2 aromatic carbocycles. The largest absolute Gasteiger partial charge is 0.396 e. The molecule has 0 saturated carbocycles. The van der Waals surface area contributed by atoms with Gasteiger partial charge in [-0.15, -0.1) is 0 Å².